The molecule has 1 aliphatic carbocycles. The third-order valence-electron chi connectivity index (χ3n) is 4.62. The number of thiophene rings is 2. The number of esters is 2. The number of nitrogens with one attached hydrogen (secondary N) is 1. The summed E-state index contributed by atoms with van der Waals surface area (Å²) in [5.41, 5.74) is 1.36. The highest BCUT2D eigenvalue weighted by molar-refractivity contribution is 7.17. The number of carbonyl (C=O) groups is 4. The number of ketones is 1. The zero-order chi connectivity index (χ0) is 21.5. The minimum atomic E-state index is -0.619. The van der Waals surface area contributed by atoms with Crippen molar-refractivity contribution in [3.63, 3.8) is 0 Å². The van der Waals surface area contributed by atoms with Gasteiger partial charge in [0.05, 0.1) is 23.5 Å². The Morgan fingerprint density at radius 2 is 1.90 bits per heavy atom. The lowest BCUT2D eigenvalue weighted by Crippen LogP contribution is -2.22. The second kappa shape index (κ2) is 10.5. The van der Waals surface area contributed by atoms with Crippen LogP contribution < -0.4 is 5.32 Å². The van der Waals surface area contributed by atoms with E-state index in [4.69, 9.17) is 9.47 Å². The van der Waals surface area contributed by atoms with E-state index in [-0.39, 0.29) is 25.2 Å². The molecule has 0 fully saturated rings. The largest absolute Gasteiger partial charge is 0.462 e. The maximum atomic E-state index is 12.4. The van der Waals surface area contributed by atoms with E-state index >= 15 is 0 Å². The van der Waals surface area contributed by atoms with Crippen LogP contribution in [0.3, 0.4) is 0 Å². The van der Waals surface area contributed by atoms with Gasteiger partial charge in [-0.15, -0.1) is 22.7 Å². The lowest BCUT2D eigenvalue weighted by atomic mass is 9.95. The van der Waals surface area contributed by atoms with E-state index < -0.39 is 24.5 Å². The van der Waals surface area contributed by atoms with E-state index in [1.54, 1.807) is 24.4 Å². The second-order valence-corrected chi connectivity index (χ2v) is 8.80. The summed E-state index contributed by atoms with van der Waals surface area (Å²) >= 11 is 2.69. The third-order valence-corrected chi connectivity index (χ3v) is 6.74. The number of ether oxygens (including phenoxy) is 2. The Labute approximate surface area is 182 Å². The minimum absolute atomic E-state index is 0.0334. The minimum Gasteiger partial charge on any atom is -0.462 e. The second-order valence-electron chi connectivity index (χ2n) is 6.74. The number of Topliss-reactive ketones (excluding diaryl/α,β-unsaturated/α-hetero) is 1. The first-order valence-electron chi connectivity index (χ1n) is 9.83. The molecule has 2 aromatic heterocycles. The maximum Gasteiger partial charge on any atom is 0.341 e. The highest BCUT2D eigenvalue weighted by atomic mass is 32.1. The lowest BCUT2D eigenvalue weighted by molar-refractivity contribution is -0.147. The Morgan fingerprint density at radius 1 is 1.10 bits per heavy atom. The molecule has 0 saturated carbocycles. The van der Waals surface area contributed by atoms with Crippen LogP contribution in [-0.4, -0.2) is 36.8 Å². The predicted octanol–water partition coefficient (Wildman–Crippen LogP) is 4.01. The van der Waals surface area contributed by atoms with Gasteiger partial charge in [0.2, 0.25) is 0 Å². The van der Waals surface area contributed by atoms with E-state index in [0.29, 0.717) is 15.4 Å². The number of aryl methyl sites for hydroxylation is 1. The van der Waals surface area contributed by atoms with Gasteiger partial charge in [0.25, 0.3) is 5.91 Å². The van der Waals surface area contributed by atoms with Gasteiger partial charge in [-0.05, 0) is 49.6 Å². The fraction of sp³-hybridized carbons (Fsp3) is 0.429. The number of rotatable bonds is 9. The summed E-state index contributed by atoms with van der Waals surface area (Å²) in [5.74, 6) is -1.73. The Morgan fingerprint density at radius 3 is 2.63 bits per heavy atom. The van der Waals surface area contributed by atoms with Gasteiger partial charge in [0, 0.05) is 11.3 Å². The summed E-state index contributed by atoms with van der Waals surface area (Å²) < 4.78 is 10.1. The van der Waals surface area contributed by atoms with Crippen molar-refractivity contribution >= 4 is 51.3 Å². The predicted molar refractivity (Wildman–Crippen MR) is 114 cm³/mol. The van der Waals surface area contributed by atoms with Gasteiger partial charge in [-0.3, -0.25) is 14.4 Å². The van der Waals surface area contributed by atoms with Gasteiger partial charge in [-0.2, -0.15) is 0 Å². The topological polar surface area (TPSA) is 98.8 Å². The number of hydrogen-bond donors (Lipinski definition) is 1. The van der Waals surface area contributed by atoms with Crippen molar-refractivity contribution in [1.82, 2.24) is 0 Å². The Bertz CT molecular complexity index is 932. The summed E-state index contributed by atoms with van der Waals surface area (Å²) in [6.07, 6.45) is 3.63. The molecule has 160 valence electrons. The summed E-state index contributed by atoms with van der Waals surface area (Å²) in [5, 5.41) is 4.92. The summed E-state index contributed by atoms with van der Waals surface area (Å²) in [6.45, 7) is 1.51. The average molecular weight is 450 g/mol. The molecule has 0 unspecified atom stereocenters. The van der Waals surface area contributed by atoms with E-state index in [9.17, 15) is 19.2 Å². The van der Waals surface area contributed by atoms with Crippen LogP contribution in [-0.2, 0) is 31.9 Å². The molecule has 0 bridgehead atoms. The molecule has 1 aliphatic rings. The van der Waals surface area contributed by atoms with Crippen molar-refractivity contribution in [2.75, 3.05) is 18.5 Å². The van der Waals surface area contributed by atoms with Gasteiger partial charge in [0.15, 0.2) is 12.4 Å². The molecule has 0 aliphatic heterocycles. The smallest absolute Gasteiger partial charge is 0.341 e. The normalized spacial score (nSPS) is 12.7. The molecule has 0 aromatic carbocycles. The van der Waals surface area contributed by atoms with Gasteiger partial charge in [0.1, 0.15) is 5.00 Å². The van der Waals surface area contributed by atoms with Gasteiger partial charge < -0.3 is 14.8 Å². The van der Waals surface area contributed by atoms with E-state index in [1.807, 2.05) is 0 Å². The molecule has 9 heteroatoms. The molecule has 7 nitrogen and oxygen atoms in total. The average Bonchev–Trinajstić information content (AvgIpc) is 3.38. The Hall–Kier alpha value is -2.52. The van der Waals surface area contributed by atoms with Crippen molar-refractivity contribution < 1.29 is 28.7 Å². The van der Waals surface area contributed by atoms with Gasteiger partial charge in [-0.25, -0.2) is 4.79 Å². The van der Waals surface area contributed by atoms with Crippen LogP contribution in [0, 0.1) is 0 Å². The maximum absolute atomic E-state index is 12.4. The fourth-order valence-corrected chi connectivity index (χ4v) is 5.22. The van der Waals surface area contributed by atoms with E-state index in [0.717, 1.165) is 36.1 Å². The first-order valence-corrected chi connectivity index (χ1v) is 11.5. The van der Waals surface area contributed by atoms with Crippen molar-refractivity contribution in [3.8, 4) is 0 Å². The highest BCUT2D eigenvalue weighted by Gasteiger charge is 2.27. The first kappa shape index (κ1) is 22.2. The van der Waals surface area contributed by atoms with Crippen LogP contribution in [0.5, 0.6) is 0 Å². The highest BCUT2D eigenvalue weighted by Crippen LogP contribution is 2.38. The summed E-state index contributed by atoms with van der Waals surface area (Å²) in [4.78, 5) is 50.2. The molecule has 30 heavy (non-hydrogen) atoms. The lowest BCUT2D eigenvalue weighted by Gasteiger charge is -2.12. The number of hydrogen-bond acceptors (Lipinski definition) is 8. The molecule has 1 amide bonds. The molecular weight excluding hydrogens is 426 g/mol. The molecular formula is C21H23NO6S2. The number of carbonyl (C=O) groups excluding carboxylic acids is 4. The molecule has 2 heterocycles. The summed E-state index contributed by atoms with van der Waals surface area (Å²) in [6, 6.07) is 3.47. The number of anilines is 1. The molecule has 0 spiro atoms. The number of amides is 1. The first-order chi connectivity index (χ1) is 14.5. The number of fused-ring (bicyclic) bond motifs is 1. The molecule has 1 N–H and O–H groups in total. The zero-order valence-corrected chi connectivity index (χ0v) is 18.3. The fourth-order valence-electron chi connectivity index (χ4n) is 3.23. The van der Waals surface area contributed by atoms with Gasteiger partial charge >= 0.3 is 11.9 Å². The standard InChI is InChI=1S/C21H23NO6S2/c1-2-27-21(26)19-13-6-3-4-7-15(13)30-20(19)22-17(24)12-28-18(25)10-9-14(23)16-8-5-11-29-16/h5,8,11H,2-4,6-7,9-10,12H2,1H3,(H,22,24). The molecule has 0 saturated heterocycles. The van der Waals surface area contributed by atoms with Gasteiger partial charge in [-0.1, -0.05) is 6.07 Å². The van der Waals surface area contributed by atoms with Crippen molar-refractivity contribution in [2.45, 2.75) is 45.4 Å². The van der Waals surface area contributed by atoms with Crippen LogP contribution in [0.15, 0.2) is 17.5 Å². The van der Waals surface area contributed by atoms with E-state index in [1.165, 1.54) is 22.7 Å². The Balaban J connectivity index is 1.54. The Kier molecular flexibility index (Phi) is 7.75. The van der Waals surface area contributed by atoms with Crippen molar-refractivity contribution in [2.24, 2.45) is 0 Å². The SMILES string of the molecule is CCOC(=O)c1c(NC(=O)COC(=O)CCC(=O)c2cccs2)sc2c1CCCC2. The monoisotopic (exact) mass is 449 g/mol. The zero-order valence-electron chi connectivity index (χ0n) is 16.7. The van der Waals surface area contributed by atoms with E-state index in [2.05, 4.69) is 5.32 Å². The van der Waals surface area contributed by atoms with Crippen LogP contribution in [0.2, 0.25) is 0 Å². The van der Waals surface area contributed by atoms with Crippen LogP contribution in [0.25, 0.3) is 0 Å². The van der Waals surface area contributed by atoms with Crippen LogP contribution >= 0.6 is 22.7 Å². The molecule has 3 rings (SSSR count). The third kappa shape index (κ3) is 5.54. The van der Waals surface area contributed by atoms with Crippen LogP contribution in [0.4, 0.5) is 5.00 Å². The molecule has 0 radical (unpaired) electrons. The van der Waals surface area contributed by atoms with Crippen molar-refractivity contribution in [3.05, 3.63) is 38.4 Å². The van der Waals surface area contributed by atoms with Crippen molar-refractivity contribution in [1.29, 1.82) is 0 Å². The van der Waals surface area contributed by atoms with Crippen LogP contribution in [0.1, 0.15) is 63.1 Å². The molecule has 0 atom stereocenters. The quantitative estimate of drug-likeness (QED) is 0.459. The summed E-state index contributed by atoms with van der Waals surface area (Å²) in [7, 11) is 0. The molecule has 2 aromatic rings.